The lowest BCUT2D eigenvalue weighted by molar-refractivity contribution is 0.0991. The summed E-state index contributed by atoms with van der Waals surface area (Å²) in [7, 11) is 1.64. The monoisotopic (exact) mass is 551 g/mol. The van der Waals surface area contributed by atoms with E-state index in [4.69, 9.17) is 4.74 Å². The topological polar surface area (TPSA) is 94.8 Å². The quantitative estimate of drug-likeness (QED) is 0.249. The Hall–Kier alpha value is -5.38. The number of ketones is 1. The zero-order chi connectivity index (χ0) is 28.7. The Balaban J connectivity index is 1.28. The fourth-order valence-electron chi connectivity index (χ4n) is 4.83. The van der Waals surface area contributed by atoms with Gasteiger partial charge in [0.2, 0.25) is 0 Å². The van der Waals surface area contributed by atoms with Crippen LogP contribution in [0.3, 0.4) is 0 Å². The van der Waals surface area contributed by atoms with Gasteiger partial charge in [-0.15, -0.1) is 0 Å². The first kappa shape index (κ1) is 25.9. The number of carbonyl (C=O) groups is 1. The summed E-state index contributed by atoms with van der Waals surface area (Å²) in [5, 5.41) is 7.78. The molecule has 1 N–H and O–H groups in total. The van der Waals surface area contributed by atoms with Gasteiger partial charge >= 0.3 is 0 Å². The molecule has 10 heteroatoms. The molecule has 0 radical (unpaired) electrons. The second-order valence-electron chi connectivity index (χ2n) is 9.59. The number of Topliss-reactive ketones (excluding diaryl/α,β-unsaturated/α-hetero) is 1. The van der Waals surface area contributed by atoms with Crippen LogP contribution in [-0.4, -0.2) is 30.3 Å². The van der Waals surface area contributed by atoms with E-state index in [2.05, 4.69) is 15.2 Å². The number of fused-ring (bicyclic) bond motifs is 1. The first-order valence-electron chi connectivity index (χ1n) is 12.7. The third kappa shape index (κ3) is 4.80. The molecule has 0 saturated heterocycles. The van der Waals surface area contributed by atoms with E-state index in [0.717, 1.165) is 16.5 Å². The number of carbonyl (C=O) groups excluding carboxylic acids is 1. The summed E-state index contributed by atoms with van der Waals surface area (Å²) in [6.45, 7) is 1.66. The van der Waals surface area contributed by atoms with Crippen molar-refractivity contribution in [1.82, 2.24) is 24.5 Å². The SMILES string of the molecule is Cc1c(C(=O)Cc2ccc(Oc3cc4cn[nH]c4cc3-c3cccnc3)c(F)c2)c(=O)n(-c2ccc(F)cc2)n1C. The standard InChI is InChI=1S/C31H23F2N5O3/c1-18-30(31(40)38(37(18)2)23-8-6-22(32)7-9-23)27(39)13-19-5-10-28(25(33)12-19)41-29-14-21-17-35-36-26(21)15-24(29)20-4-3-11-34-16-20/h3-12,14-17H,13H2,1-2H3,(H,35,36). The maximum atomic E-state index is 15.3. The Labute approximate surface area is 232 Å². The third-order valence-electron chi connectivity index (χ3n) is 7.00. The summed E-state index contributed by atoms with van der Waals surface area (Å²) in [6, 6.07) is 17.0. The Kier molecular flexibility index (Phi) is 6.50. The van der Waals surface area contributed by atoms with Crippen molar-refractivity contribution in [3.05, 3.63) is 124 Å². The average Bonchev–Trinajstić information content (AvgIpc) is 3.51. The first-order valence-corrected chi connectivity index (χ1v) is 12.7. The largest absolute Gasteiger partial charge is 0.454 e. The number of ether oxygens (including phenoxy) is 1. The molecule has 3 aromatic heterocycles. The number of nitrogens with one attached hydrogen (secondary N) is 1. The van der Waals surface area contributed by atoms with Crippen molar-refractivity contribution in [1.29, 1.82) is 0 Å². The number of pyridine rings is 1. The molecule has 0 atom stereocenters. The molecule has 3 aromatic carbocycles. The average molecular weight is 552 g/mol. The number of benzene rings is 3. The third-order valence-corrected chi connectivity index (χ3v) is 7.00. The molecule has 0 amide bonds. The van der Waals surface area contributed by atoms with Crippen LogP contribution in [0.25, 0.3) is 27.7 Å². The van der Waals surface area contributed by atoms with Gasteiger partial charge in [-0.2, -0.15) is 5.10 Å². The molecular weight excluding hydrogens is 528 g/mol. The first-order chi connectivity index (χ1) is 19.8. The van der Waals surface area contributed by atoms with Crippen LogP contribution in [-0.2, 0) is 13.5 Å². The Morgan fingerprint density at radius 3 is 2.54 bits per heavy atom. The van der Waals surface area contributed by atoms with E-state index in [1.54, 1.807) is 50.8 Å². The number of rotatable bonds is 7. The van der Waals surface area contributed by atoms with Crippen molar-refractivity contribution < 1.29 is 18.3 Å². The van der Waals surface area contributed by atoms with Crippen LogP contribution in [0.1, 0.15) is 21.6 Å². The number of hydrogen-bond acceptors (Lipinski definition) is 5. The molecule has 0 saturated carbocycles. The van der Waals surface area contributed by atoms with Gasteiger partial charge in [0.05, 0.1) is 17.4 Å². The normalized spacial score (nSPS) is 11.2. The maximum Gasteiger partial charge on any atom is 0.282 e. The molecule has 0 unspecified atom stereocenters. The highest BCUT2D eigenvalue weighted by molar-refractivity contribution is 5.98. The molecule has 204 valence electrons. The zero-order valence-corrected chi connectivity index (χ0v) is 22.1. The summed E-state index contributed by atoms with van der Waals surface area (Å²) < 4.78 is 37.5. The minimum atomic E-state index is -0.659. The maximum absolute atomic E-state index is 15.3. The molecule has 0 aliphatic heterocycles. The molecule has 0 spiro atoms. The summed E-state index contributed by atoms with van der Waals surface area (Å²) in [4.78, 5) is 30.6. The van der Waals surface area contributed by atoms with Crippen LogP contribution < -0.4 is 10.3 Å². The van der Waals surface area contributed by atoms with E-state index in [-0.39, 0.29) is 17.7 Å². The summed E-state index contributed by atoms with van der Waals surface area (Å²) in [5.74, 6) is -1.16. The van der Waals surface area contributed by atoms with Crippen LogP contribution in [0.15, 0.2) is 90.1 Å². The van der Waals surface area contributed by atoms with Crippen LogP contribution in [0.2, 0.25) is 0 Å². The van der Waals surface area contributed by atoms with Crippen LogP contribution in [0.4, 0.5) is 8.78 Å². The second kappa shape index (κ2) is 10.3. The van der Waals surface area contributed by atoms with Crippen molar-refractivity contribution in [2.75, 3.05) is 0 Å². The second-order valence-corrected chi connectivity index (χ2v) is 9.59. The van der Waals surface area contributed by atoms with Crippen LogP contribution in [0.5, 0.6) is 11.5 Å². The van der Waals surface area contributed by atoms with E-state index in [9.17, 15) is 14.0 Å². The van der Waals surface area contributed by atoms with Crippen molar-refractivity contribution in [3.63, 3.8) is 0 Å². The lowest BCUT2D eigenvalue weighted by Crippen LogP contribution is -2.23. The number of hydrogen-bond donors (Lipinski definition) is 1. The summed E-state index contributed by atoms with van der Waals surface area (Å²) in [6.07, 6.45) is 4.80. The van der Waals surface area contributed by atoms with Gasteiger partial charge in [0, 0.05) is 48.1 Å². The molecule has 0 aliphatic carbocycles. The Bertz CT molecular complexity index is 1980. The van der Waals surface area contributed by atoms with Crippen molar-refractivity contribution in [2.45, 2.75) is 13.3 Å². The predicted octanol–water partition coefficient (Wildman–Crippen LogP) is 5.92. The van der Waals surface area contributed by atoms with E-state index in [0.29, 0.717) is 28.3 Å². The van der Waals surface area contributed by atoms with Crippen LogP contribution in [0, 0.1) is 18.6 Å². The molecular formula is C31H23F2N5O3. The molecule has 6 rings (SSSR count). The van der Waals surface area contributed by atoms with Gasteiger partial charge < -0.3 is 4.74 Å². The molecule has 6 aromatic rings. The molecule has 0 aliphatic rings. The number of aromatic nitrogens is 5. The molecule has 41 heavy (non-hydrogen) atoms. The fourth-order valence-corrected chi connectivity index (χ4v) is 4.83. The van der Waals surface area contributed by atoms with Crippen molar-refractivity contribution in [3.8, 4) is 28.3 Å². The van der Waals surface area contributed by atoms with E-state index < -0.39 is 23.0 Å². The van der Waals surface area contributed by atoms with E-state index in [1.165, 1.54) is 45.8 Å². The molecule has 0 bridgehead atoms. The highest BCUT2D eigenvalue weighted by Gasteiger charge is 2.23. The highest BCUT2D eigenvalue weighted by Crippen LogP contribution is 2.37. The molecule has 8 nitrogen and oxygen atoms in total. The van der Waals surface area contributed by atoms with Gasteiger partial charge in [-0.1, -0.05) is 12.1 Å². The van der Waals surface area contributed by atoms with E-state index >= 15 is 4.39 Å². The Morgan fingerprint density at radius 2 is 1.80 bits per heavy atom. The van der Waals surface area contributed by atoms with Gasteiger partial charge in [0.15, 0.2) is 17.3 Å². The zero-order valence-electron chi connectivity index (χ0n) is 22.1. The van der Waals surface area contributed by atoms with Crippen molar-refractivity contribution in [2.24, 2.45) is 7.05 Å². The fraction of sp³-hybridized carbons (Fsp3) is 0.0968. The highest BCUT2D eigenvalue weighted by atomic mass is 19.1. The van der Waals surface area contributed by atoms with Gasteiger partial charge in [-0.25, -0.2) is 13.5 Å². The smallest absolute Gasteiger partial charge is 0.282 e. The lowest BCUT2D eigenvalue weighted by Gasteiger charge is -2.13. The molecule has 0 fully saturated rings. The molecule has 3 heterocycles. The van der Waals surface area contributed by atoms with Gasteiger partial charge in [-0.05, 0) is 67.1 Å². The Morgan fingerprint density at radius 1 is 1.00 bits per heavy atom. The van der Waals surface area contributed by atoms with Crippen LogP contribution >= 0.6 is 0 Å². The number of aromatic amines is 1. The minimum Gasteiger partial charge on any atom is -0.454 e. The number of nitrogens with zero attached hydrogens (tertiary/aromatic N) is 4. The van der Waals surface area contributed by atoms with Gasteiger partial charge in [0.25, 0.3) is 5.56 Å². The van der Waals surface area contributed by atoms with Gasteiger partial charge in [0.1, 0.15) is 17.1 Å². The summed E-state index contributed by atoms with van der Waals surface area (Å²) in [5.41, 5.74) is 2.99. The van der Waals surface area contributed by atoms with Gasteiger partial charge in [-0.3, -0.25) is 24.4 Å². The van der Waals surface area contributed by atoms with E-state index in [1.807, 2.05) is 12.1 Å². The number of H-pyrrole nitrogens is 1. The number of halogens is 2. The predicted molar refractivity (Wildman–Crippen MR) is 150 cm³/mol. The summed E-state index contributed by atoms with van der Waals surface area (Å²) >= 11 is 0. The minimum absolute atomic E-state index is 0.00733. The van der Waals surface area contributed by atoms with Crippen molar-refractivity contribution >= 4 is 16.7 Å². The lowest BCUT2D eigenvalue weighted by atomic mass is 10.0.